The lowest BCUT2D eigenvalue weighted by Crippen LogP contribution is -2.36. The number of halogens is 1. The minimum absolute atomic E-state index is 0.350. The summed E-state index contributed by atoms with van der Waals surface area (Å²) < 4.78 is 15.3. The zero-order chi connectivity index (χ0) is 16.2. The second kappa shape index (κ2) is 6.93. The fourth-order valence-electron chi connectivity index (χ4n) is 3.34. The molecule has 2 heterocycles. The Hall–Kier alpha value is -2.19. The van der Waals surface area contributed by atoms with Crippen LogP contribution in [0.4, 0.5) is 4.39 Å². The highest BCUT2D eigenvalue weighted by Crippen LogP contribution is 2.22. The Morgan fingerprint density at radius 3 is 3.04 bits per heavy atom. The molecule has 3 rings (SSSR count). The van der Waals surface area contributed by atoms with Gasteiger partial charge in [-0.3, -0.25) is 4.90 Å². The Kier molecular flexibility index (Phi) is 4.73. The first-order valence-corrected chi connectivity index (χ1v) is 8.03. The van der Waals surface area contributed by atoms with Crippen LogP contribution in [-0.4, -0.2) is 27.5 Å². The van der Waals surface area contributed by atoms with Gasteiger partial charge in [0.15, 0.2) is 0 Å². The van der Waals surface area contributed by atoms with Crippen LogP contribution in [0.1, 0.15) is 29.8 Å². The van der Waals surface area contributed by atoms with Crippen molar-refractivity contribution in [1.82, 2.24) is 14.5 Å². The summed E-state index contributed by atoms with van der Waals surface area (Å²) in [4.78, 5) is 6.78. The third kappa shape index (κ3) is 3.77. The van der Waals surface area contributed by atoms with Gasteiger partial charge in [-0.1, -0.05) is 6.07 Å². The molecule has 0 bridgehead atoms. The van der Waals surface area contributed by atoms with Gasteiger partial charge in [0.1, 0.15) is 11.6 Å². The largest absolute Gasteiger partial charge is 0.338 e. The number of aryl methyl sites for hydroxylation is 1. The standard InChI is InChI=1S/C18H21FN4/c1-22-8-6-21-18(22)9-14-3-2-7-23(12-14)13-15-4-5-17(19)10-16(15)11-20/h4-6,8,10,14H,2-3,7,9,12-13H2,1H3/t14-/m1/s1. The maximum atomic E-state index is 13.3. The zero-order valence-corrected chi connectivity index (χ0v) is 13.4. The lowest BCUT2D eigenvalue weighted by atomic mass is 9.94. The number of imidazole rings is 1. The van der Waals surface area contributed by atoms with E-state index in [4.69, 9.17) is 0 Å². The topological polar surface area (TPSA) is 44.9 Å². The molecule has 0 radical (unpaired) electrons. The summed E-state index contributed by atoms with van der Waals surface area (Å²) in [5.74, 6) is 1.35. The Morgan fingerprint density at radius 2 is 2.30 bits per heavy atom. The molecule has 5 heteroatoms. The van der Waals surface area contributed by atoms with Gasteiger partial charge in [-0.05, 0) is 43.0 Å². The van der Waals surface area contributed by atoms with Crippen LogP contribution < -0.4 is 0 Å². The average Bonchev–Trinajstić information content (AvgIpc) is 2.94. The molecule has 120 valence electrons. The summed E-state index contributed by atoms with van der Waals surface area (Å²) in [6.07, 6.45) is 7.16. The molecular formula is C18H21FN4. The number of benzene rings is 1. The fourth-order valence-corrected chi connectivity index (χ4v) is 3.34. The normalized spacial score (nSPS) is 18.7. The first kappa shape index (κ1) is 15.7. The van der Waals surface area contributed by atoms with Crippen LogP contribution in [0.3, 0.4) is 0 Å². The highest BCUT2D eigenvalue weighted by Gasteiger charge is 2.22. The van der Waals surface area contributed by atoms with Gasteiger partial charge in [-0.2, -0.15) is 5.26 Å². The van der Waals surface area contributed by atoms with E-state index in [0.717, 1.165) is 37.3 Å². The predicted molar refractivity (Wildman–Crippen MR) is 86.0 cm³/mol. The molecule has 0 aliphatic carbocycles. The van der Waals surface area contributed by atoms with Gasteiger partial charge in [0.25, 0.3) is 0 Å². The molecule has 1 atom stereocenters. The number of rotatable bonds is 4. The van der Waals surface area contributed by atoms with E-state index in [2.05, 4.69) is 20.5 Å². The van der Waals surface area contributed by atoms with Gasteiger partial charge < -0.3 is 4.57 Å². The van der Waals surface area contributed by atoms with Gasteiger partial charge in [-0.25, -0.2) is 9.37 Å². The van der Waals surface area contributed by atoms with Crippen molar-refractivity contribution in [2.75, 3.05) is 13.1 Å². The number of nitrogens with zero attached hydrogens (tertiary/aromatic N) is 4. The quantitative estimate of drug-likeness (QED) is 0.872. The van der Waals surface area contributed by atoms with Crippen molar-refractivity contribution in [3.63, 3.8) is 0 Å². The number of hydrogen-bond acceptors (Lipinski definition) is 3. The first-order chi connectivity index (χ1) is 11.2. The molecule has 2 aromatic rings. The molecule has 0 amide bonds. The van der Waals surface area contributed by atoms with Gasteiger partial charge in [0.05, 0.1) is 11.6 Å². The molecule has 0 unspecified atom stereocenters. The summed E-state index contributed by atoms with van der Waals surface area (Å²) in [6, 6.07) is 6.59. The van der Waals surface area contributed by atoms with Crippen LogP contribution in [0, 0.1) is 23.1 Å². The van der Waals surface area contributed by atoms with Crippen LogP contribution in [0.15, 0.2) is 30.6 Å². The van der Waals surface area contributed by atoms with Gasteiger partial charge in [0, 0.05) is 39.0 Å². The van der Waals surface area contributed by atoms with Crippen molar-refractivity contribution >= 4 is 0 Å². The molecule has 1 aromatic carbocycles. The van der Waals surface area contributed by atoms with E-state index in [1.54, 1.807) is 6.07 Å². The lowest BCUT2D eigenvalue weighted by molar-refractivity contribution is 0.165. The number of nitriles is 1. The van der Waals surface area contributed by atoms with E-state index in [0.29, 0.717) is 18.0 Å². The number of aromatic nitrogens is 2. The van der Waals surface area contributed by atoms with Crippen molar-refractivity contribution in [3.05, 3.63) is 53.4 Å². The van der Waals surface area contributed by atoms with Gasteiger partial charge >= 0.3 is 0 Å². The first-order valence-electron chi connectivity index (χ1n) is 8.03. The molecule has 0 N–H and O–H groups in total. The molecule has 0 spiro atoms. The van der Waals surface area contributed by atoms with Crippen LogP contribution in [0.25, 0.3) is 0 Å². The van der Waals surface area contributed by atoms with E-state index in [-0.39, 0.29) is 5.82 Å². The molecule has 0 saturated carbocycles. The summed E-state index contributed by atoms with van der Waals surface area (Å²) in [5.41, 5.74) is 1.35. The average molecular weight is 312 g/mol. The zero-order valence-electron chi connectivity index (χ0n) is 13.4. The fraction of sp³-hybridized carbons (Fsp3) is 0.444. The minimum Gasteiger partial charge on any atom is -0.338 e. The second-order valence-corrected chi connectivity index (χ2v) is 6.32. The van der Waals surface area contributed by atoms with Crippen molar-refractivity contribution in [3.8, 4) is 6.07 Å². The monoisotopic (exact) mass is 312 g/mol. The van der Waals surface area contributed by atoms with Crippen molar-refractivity contribution in [1.29, 1.82) is 5.26 Å². The highest BCUT2D eigenvalue weighted by atomic mass is 19.1. The third-order valence-electron chi connectivity index (χ3n) is 4.58. The molecule has 1 aliphatic heterocycles. The second-order valence-electron chi connectivity index (χ2n) is 6.32. The molecule has 1 aromatic heterocycles. The van der Waals surface area contributed by atoms with Crippen LogP contribution in [0.2, 0.25) is 0 Å². The third-order valence-corrected chi connectivity index (χ3v) is 4.58. The number of likely N-dealkylation sites (tertiary alicyclic amines) is 1. The SMILES string of the molecule is Cn1ccnc1C[C@H]1CCCN(Cc2ccc(F)cc2C#N)C1. The van der Waals surface area contributed by atoms with E-state index >= 15 is 0 Å². The maximum absolute atomic E-state index is 13.3. The maximum Gasteiger partial charge on any atom is 0.124 e. The highest BCUT2D eigenvalue weighted by molar-refractivity contribution is 5.37. The number of piperidine rings is 1. The van der Waals surface area contributed by atoms with Crippen molar-refractivity contribution < 1.29 is 4.39 Å². The minimum atomic E-state index is -0.350. The van der Waals surface area contributed by atoms with Crippen molar-refractivity contribution in [2.45, 2.75) is 25.8 Å². The van der Waals surface area contributed by atoms with Crippen LogP contribution in [0.5, 0.6) is 0 Å². The van der Waals surface area contributed by atoms with Crippen molar-refractivity contribution in [2.24, 2.45) is 13.0 Å². The summed E-state index contributed by atoms with van der Waals surface area (Å²) in [7, 11) is 2.03. The van der Waals surface area contributed by atoms with E-state index in [1.165, 1.54) is 18.6 Å². The predicted octanol–water partition coefficient (Wildman–Crippen LogP) is 2.89. The molecule has 1 saturated heterocycles. The molecular weight excluding hydrogens is 291 g/mol. The van der Waals surface area contributed by atoms with Gasteiger partial charge in [-0.15, -0.1) is 0 Å². The number of hydrogen-bond donors (Lipinski definition) is 0. The van der Waals surface area contributed by atoms with Crippen LogP contribution >= 0.6 is 0 Å². The molecule has 4 nitrogen and oxygen atoms in total. The molecule has 23 heavy (non-hydrogen) atoms. The Bertz CT molecular complexity index is 716. The Balaban J connectivity index is 1.65. The summed E-state index contributed by atoms with van der Waals surface area (Å²) >= 11 is 0. The molecule has 1 fully saturated rings. The summed E-state index contributed by atoms with van der Waals surface area (Å²) in [5, 5.41) is 9.18. The van der Waals surface area contributed by atoms with E-state index in [1.807, 2.05) is 19.4 Å². The van der Waals surface area contributed by atoms with E-state index < -0.39 is 0 Å². The van der Waals surface area contributed by atoms with Crippen LogP contribution in [-0.2, 0) is 20.0 Å². The van der Waals surface area contributed by atoms with Gasteiger partial charge in [0.2, 0.25) is 0 Å². The Morgan fingerprint density at radius 1 is 1.43 bits per heavy atom. The smallest absolute Gasteiger partial charge is 0.124 e. The molecule has 1 aliphatic rings. The summed E-state index contributed by atoms with van der Waals surface area (Å²) in [6.45, 7) is 2.73. The van der Waals surface area contributed by atoms with E-state index in [9.17, 15) is 9.65 Å². The Labute approximate surface area is 136 Å². The lowest BCUT2D eigenvalue weighted by Gasteiger charge is -2.32.